The second-order valence-electron chi connectivity index (χ2n) is 6.43. The number of sulfonamides is 1. The number of rotatable bonds is 10. The molecule has 0 unspecified atom stereocenters. The summed E-state index contributed by atoms with van der Waals surface area (Å²) in [7, 11) is -3.59. The van der Waals surface area contributed by atoms with Crippen LogP contribution in [-0.2, 0) is 19.6 Å². The predicted molar refractivity (Wildman–Crippen MR) is 115 cm³/mol. The van der Waals surface area contributed by atoms with E-state index < -0.39 is 27.7 Å². The Bertz CT molecular complexity index is 1030. The van der Waals surface area contributed by atoms with Crippen molar-refractivity contribution in [1.82, 2.24) is 9.62 Å². The molecule has 0 heterocycles. The van der Waals surface area contributed by atoms with Gasteiger partial charge in [0.1, 0.15) is 12.4 Å². The molecule has 0 fully saturated rings. The Labute approximate surface area is 181 Å². The first-order chi connectivity index (χ1) is 14.8. The minimum atomic E-state index is -3.59. The van der Waals surface area contributed by atoms with E-state index >= 15 is 0 Å². The third-order valence-corrected chi connectivity index (χ3v) is 6.42. The van der Waals surface area contributed by atoms with Crippen LogP contribution in [0, 0.1) is 5.82 Å². The molecule has 0 atom stereocenters. The summed E-state index contributed by atoms with van der Waals surface area (Å²) < 4.78 is 44.3. The summed E-state index contributed by atoms with van der Waals surface area (Å²) in [5.41, 5.74) is 0.813. The molecule has 2 aromatic carbocycles. The normalized spacial score (nSPS) is 11.6. The molecule has 0 saturated carbocycles. The highest BCUT2D eigenvalue weighted by molar-refractivity contribution is 7.89. The Balaban J connectivity index is 1.81. The molecule has 0 aliphatic rings. The van der Waals surface area contributed by atoms with Crippen molar-refractivity contribution in [1.29, 1.82) is 0 Å². The lowest BCUT2D eigenvalue weighted by Gasteiger charge is -2.18. The number of halogens is 1. The minimum absolute atomic E-state index is 0.0491. The zero-order valence-electron chi connectivity index (χ0n) is 17.4. The van der Waals surface area contributed by atoms with Crippen LogP contribution in [0.1, 0.15) is 29.8 Å². The van der Waals surface area contributed by atoms with E-state index in [1.807, 2.05) is 0 Å². The van der Waals surface area contributed by atoms with E-state index in [9.17, 15) is 22.4 Å². The highest BCUT2D eigenvalue weighted by atomic mass is 32.2. The lowest BCUT2D eigenvalue weighted by molar-refractivity contribution is -0.137. The number of benzene rings is 2. The average molecular weight is 449 g/mol. The van der Waals surface area contributed by atoms with Gasteiger partial charge in [0.2, 0.25) is 10.0 Å². The molecule has 0 bridgehead atoms. The Morgan fingerprint density at radius 2 is 1.77 bits per heavy atom. The number of hydrogen-bond acceptors (Lipinski definition) is 5. The molecule has 1 amide bonds. The summed E-state index contributed by atoms with van der Waals surface area (Å²) in [4.78, 5) is 24.0. The fraction of sp³-hybridized carbons (Fsp3) is 0.273. The van der Waals surface area contributed by atoms with Gasteiger partial charge in [-0.3, -0.25) is 4.79 Å². The summed E-state index contributed by atoms with van der Waals surface area (Å²) in [5.74, 6) is -1.44. The van der Waals surface area contributed by atoms with Gasteiger partial charge >= 0.3 is 5.97 Å². The van der Waals surface area contributed by atoms with Crippen molar-refractivity contribution in [3.8, 4) is 0 Å². The second-order valence-corrected chi connectivity index (χ2v) is 8.36. The number of ether oxygens (including phenoxy) is 1. The Morgan fingerprint density at radius 1 is 1.10 bits per heavy atom. The maximum absolute atomic E-state index is 13.1. The quantitative estimate of drug-likeness (QED) is 0.343. The summed E-state index contributed by atoms with van der Waals surface area (Å²) in [5, 5.41) is 2.59. The number of esters is 1. The maximum atomic E-state index is 13.1. The number of nitrogens with zero attached hydrogens (tertiary/aromatic N) is 1. The van der Waals surface area contributed by atoms with Crippen LogP contribution < -0.4 is 5.32 Å². The van der Waals surface area contributed by atoms with Gasteiger partial charge in [0.15, 0.2) is 0 Å². The van der Waals surface area contributed by atoms with Gasteiger partial charge in [0, 0.05) is 24.7 Å². The predicted octanol–water partition coefficient (Wildman–Crippen LogP) is 2.84. The fourth-order valence-electron chi connectivity index (χ4n) is 2.73. The number of amides is 1. The molecule has 9 heteroatoms. The van der Waals surface area contributed by atoms with Gasteiger partial charge in [0.25, 0.3) is 5.91 Å². The topological polar surface area (TPSA) is 92.8 Å². The highest BCUT2D eigenvalue weighted by Gasteiger charge is 2.21. The molecule has 2 aromatic rings. The van der Waals surface area contributed by atoms with E-state index in [2.05, 4.69) is 5.32 Å². The Kier molecular flexibility index (Phi) is 8.89. The van der Waals surface area contributed by atoms with Crippen molar-refractivity contribution < 1.29 is 27.1 Å². The molecule has 166 valence electrons. The molecule has 2 rings (SSSR count). The van der Waals surface area contributed by atoms with Crippen LogP contribution in [0.15, 0.2) is 59.5 Å². The SMILES string of the molecule is CCN(CC)S(=O)(=O)c1ccc(C(=O)NCCOC(=O)C=Cc2cccc(F)c2)cc1. The van der Waals surface area contributed by atoms with Crippen molar-refractivity contribution in [2.45, 2.75) is 18.7 Å². The first-order valence-corrected chi connectivity index (χ1v) is 11.2. The Hall–Kier alpha value is -3.04. The van der Waals surface area contributed by atoms with E-state index in [0.29, 0.717) is 18.7 Å². The first kappa shape index (κ1) is 24.2. The zero-order valence-corrected chi connectivity index (χ0v) is 18.2. The van der Waals surface area contributed by atoms with E-state index in [1.54, 1.807) is 19.9 Å². The molecule has 31 heavy (non-hydrogen) atoms. The van der Waals surface area contributed by atoms with Crippen molar-refractivity contribution >= 4 is 28.0 Å². The number of hydrogen-bond donors (Lipinski definition) is 1. The van der Waals surface area contributed by atoms with Crippen molar-refractivity contribution in [2.24, 2.45) is 0 Å². The zero-order chi connectivity index (χ0) is 22.9. The molecule has 0 spiro atoms. The molecule has 0 aliphatic carbocycles. The van der Waals surface area contributed by atoms with E-state index in [0.717, 1.165) is 0 Å². The van der Waals surface area contributed by atoms with Crippen LogP contribution in [0.3, 0.4) is 0 Å². The summed E-state index contributed by atoms with van der Waals surface area (Å²) >= 11 is 0. The van der Waals surface area contributed by atoms with E-state index in [4.69, 9.17) is 4.74 Å². The number of nitrogens with one attached hydrogen (secondary N) is 1. The van der Waals surface area contributed by atoms with Gasteiger partial charge in [-0.1, -0.05) is 26.0 Å². The van der Waals surface area contributed by atoms with Crippen molar-refractivity contribution in [3.63, 3.8) is 0 Å². The van der Waals surface area contributed by atoms with Crippen LogP contribution >= 0.6 is 0 Å². The first-order valence-electron chi connectivity index (χ1n) is 9.76. The maximum Gasteiger partial charge on any atom is 0.330 e. The van der Waals surface area contributed by atoms with Crippen LogP contribution in [0.4, 0.5) is 4.39 Å². The standard InChI is InChI=1S/C22H25FN2O5S/c1-3-25(4-2)31(28,29)20-11-9-18(10-12-20)22(27)24-14-15-30-21(26)13-8-17-6-5-7-19(23)16-17/h5-13,16H,3-4,14-15H2,1-2H3,(H,24,27). The third kappa shape index (κ3) is 7.01. The summed E-state index contributed by atoms with van der Waals surface area (Å²) in [6, 6.07) is 11.4. The fourth-order valence-corrected chi connectivity index (χ4v) is 4.19. The number of carbonyl (C=O) groups is 2. The van der Waals surface area contributed by atoms with Crippen LogP contribution in [0.2, 0.25) is 0 Å². The molecular weight excluding hydrogens is 423 g/mol. The molecule has 0 saturated heterocycles. The van der Waals surface area contributed by atoms with E-state index in [-0.39, 0.29) is 23.6 Å². The molecule has 0 aliphatic heterocycles. The highest BCUT2D eigenvalue weighted by Crippen LogP contribution is 2.16. The Morgan fingerprint density at radius 3 is 2.39 bits per heavy atom. The van der Waals surface area contributed by atoms with Gasteiger partial charge in [-0.15, -0.1) is 0 Å². The van der Waals surface area contributed by atoms with Gasteiger partial charge in [-0.2, -0.15) is 4.31 Å². The lowest BCUT2D eigenvalue weighted by atomic mass is 10.2. The molecule has 0 aromatic heterocycles. The largest absolute Gasteiger partial charge is 0.461 e. The van der Waals surface area contributed by atoms with Gasteiger partial charge < -0.3 is 10.1 Å². The third-order valence-electron chi connectivity index (χ3n) is 4.35. The van der Waals surface area contributed by atoms with Crippen LogP contribution in [0.25, 0.3) is 6.08 Å². The van der Waals surface area contributed by atoms with Gasteiger partial charge in [0.05, 0.1) is 11.4 Å². The summed E-state index contributed by atoms with van der Waals surface area (Å²) in [6.45, 7) is 4.26. The lowest BCUT2D eigenvalue weighted by Crippen LogP contribution is -2.31. The van der Waals surface area contributed by atoms with Gasteiger partial charge in [-0.05, 0) is 48.0 Å². The van der Waals surface area contributed by atoms with Gasteiger partial charge in [-0.25, -0.2) is 17.6 Å². The van der Waals surface area contributed by atoms with Crippen LogP contribution in [0.5, 0.6) is 0 Å². The average Bonchev–Trinajstić information content (AvgIpc) is 2.76. The smallest absolute Gasteiger partial charge is 0.330 e. The monoisotopic (exact) mass is 448 g/mol. The van der Waals surface area contributed by atoms with E-state index in [1.165, 1.54) is 58.9 Å². The molecule has 0 radical (unpaired) electrons. The van der Waals surface area contributed by atoms with Crippen molar-refractivity contribution in [2.75, 3.05) is 26.2 Å². The molecular formula is C22H25FN2O5S. The number of carbonyl (C=O) groups excluding carboxylic acids is 2. The molecule has 1 N–H and O–H groups in total. The minimum Gasteiger partial charge on any atom is -0.461 e. The second kappa shape index (κ2) is 11.4. The van der Waals surface area contributed by atoms with Crippen LogP contribution in [-0.4, -0.2) is 50.8 Å². The van der Waals surface area contributed by atoms with Crippen molar-refractivity contribution in [3.05, 3.63) is 71.6 Å². The summed E-state index contributed by atoms with van der Waals surface area (Å²) in [6.07, 6.45) is 2.60. The molecule has 7 nitrogen and oxygen atoms in total.